The smallest absolute Gasteiger partial charge is 0.190 e. The number of nitrogens with two attached hydrogens (primary N) is 1. The molecule has 5 rings (SSSR count). The summed E-state index contributed by atoms with van der Waals surface area (Å²) in [7, 11) is 0. The van der Waals surface area contributed by atoms with E-state index in [0.717, 1.165) is 35.9 Å². The molecule has 0 saturated carbocycles. The molecule has 3 aromatic rings. The number of hydrogen-bond donors (Lipinski definition) is 1. The van der Waals surface area contributed by atoms with E-state index < -0.39 is 5.92 Å². The summed E-state index contributed by atoms with van der Waals surface area (Å²) in [5, 5.41) is 12.2. The van der Waals surface area contributed by atoms with Crippen LogP contribution >= 0.6 is 0 Å². The monoisotopic (exact) mass is 450 g/mol. The zero-order valence-corrected chi connectivity index (χ0v) is 19.2. The summed E-state index contributed by atoms with van der Waals surface area (Å²) in [4.78, 5) is 25.2. The van der Waals surface area contributed by atoms with Crippen LogP contribution in [0.2, 0.25) is 0 Å². The Bertz CT molecular complexity index is 1390. The average molecular weight is 451 g/mol. The lowest BCUT2D eigenvalue weighted by Gasteiger charge is -2.33. The van der Waals surface area contributed by atoms with Crippen LogP contribution in [0.15, 0.2) is 41.5 Å². The van der Waals surface area contributed by atoms with Gasteiger partial charge in [-0.2, -0.15) is 5.26 Å². The summed E-state index contributed by atoms with van der Waals surface area (Å²) >= 11 is 0. The first-order chi connectivity index (χ1) is 16.6. The number of carbonyl (C=O) groups is 1. The van der Waals surface area contributed by atoms with Gasteiger partial charge in [0.05, 0.1) is 12.5 Å². The number of pyridine rings is 1. The number of aromatic nitrogens is 2. The number of anilines is 1. The molecule has 1 aromatic carbocycles. The van der Waals surface area contributed by atoms with Gasteiger partial charge in [0.15, 0.2) is 5.78 Å². The molecule has 1 fully saturated rings. The number of hydrogen-bond acceptors (Lipinski definition) is 6. The number of nitriles is 1. The summed E-state index contributed by atoms with van der Waals surface area (Å²) < 4.78 is 1.88. The molecule has 0 aliphatic carbocycles. The zero-order valence-electron chi connectivity index (χ0n) is 19.2. The molecule has 4 heterocycles. The van der Waals surface area contributed by atoms with E-state index in [1.54, 1.807) is 19.3 Å². The van der Waals surface area contributed by atoms with Crippen molar-refractivity contribution in [2.24, 2.45) is 16.6 Å². The molecule has 170 valence electrons. The van der Waals surface area contributed by atoms with E-state index in [1.807, 2.05) is 34.9 Å². The lowest BCUT2D eigenvalue weighted by molar-refractivity contribution is 0.0946. The van der Waals surface area contributed by atoms with Gasteiger partial charge in [-0.3, -0.25) is 14.8 Å². The molecule has 7 heteroatoms. The fourth-order valence-electron chi connectivity index (χ4n) is 5.02. The maximum absolute atomic E-state index is 13.8. The summed E-state index contributed by atoms with van der Waals surface area (Å²) in [6, 6.07) is 12.3. The van der Waals surface area contributed by atoms with Gasteiger partial charge in [-0.05, 0) is 31.2 Å². The van der Waals surface area contributed by atoms with E-state index in [1.165, 1.54) is 0 Å². The number of nitrogens with zero attached hydrogens (tertiary/aromatic N) is 5. The van der Waals surface area contributed by atoms with Gasteiger partial charge in [-0.25, -0.2) is 0 Å². The highest BCUT2D eigenvalue weighted by Crippen LogP contribution is 2.41. The van der Waals surface area contributed by atoms with Crippen molar-refractivity contribution < 1.29 is 4.79 Å². The van der Waals surface area contributed by atoms with Crippen molar-refractivity contribution >= 4 is 34.3 Å². The van der Waals surface area contributed by atoms with Crippen molar-refractivity contribution in [3.05, 3.63) is 53.5 Å². The van der Waals surface area contributed by atoms with E-state index in [0.29, 0.717) is 42.3 Å². The van der Waals surface area contributed by atoms with E-state index in [-0.39, 0.29) is 11.8 Å². The minimum atomic E-state index is -0.461. The third kappa shape index (κ3) is 3.75. The number of aliphatic imine (C=N–C) groups is 1. The Kier molecular flexibility index (Phi) is 5.88. The highest BCUT2D eigenvalue weighted by atomic mass is 16.1. The predicted octanol–water partition coefficient (Wildman–Crippen LogP) is 3.62. The minimum absolute atomic E-state index is 0.0299. The minimum Gasteiger partial charge on any atom is -0.355 e. The van der Waals surface area contributed by atoms with Crippen LogP contribution in [0.5, 0.6) is 0 Å². The first-order valence-corrected chi connectivity index (χ1v) is 11.6. The van der Waals surface area contributed by atoms with Gasteiger partial charge in [0.2, 0.25) is 0 Å². The van der Waals surface area contributed by atoms with E-state index in [9.17, 15) is 10.1 Å². The highest BCUT2D eigenvalue weighted by Gasteiger charge is 2.36. The maximum Gasteiger partial charge on any atom is 0.190 e. The standard InChI is InChI=1S/C27H26N6O/c1-2-3-13-33-25-24(22(15-28)27(33)32-12-6-8-20(29)17-32)31-16-19(26(25)34)14-23-21-9-5-4-7-18(21)10-11-30-23/h4-5,7,9-11,16,19-20H,6,8,12-14,17,29H2,1H3/t19?,20-/m0/s1. The Morgan fingerprint density at radius 1 is 1.26 bits per heavy atom. The molecule has 1 saturated heterocycles. The topological polar surface area (TPSA) is 100 Å². The summed E-state index contributed by atoms with van der Waals surface area (Å²) in [5.74, 6) is 6.19. The number of benzene rings is 1. The van der Waals surface area contributed by atoms with Crippen molar-refractivity contribution in [3.8, 4) is 17.9 Å². The molecule has 2 aliphatic heterocycles. The van der Waals surface area contributed by atoms with Crippen molar-refractivity contribution in [3.63, 3.8) is 0 Å². The lowest BCUT2D eigenvalue weighted by Crippen LogP contribution is -2.44. The number of piperidine rings is 1. The van der Waals surface area contributed by atoms with Crippen molar-refractivity contribution in [1.82, 2.24) is 9.55 Å². The SMILES string of the molecule is CC#CCn1c2c(c(C#N)c1N1CCC[C@H](N)C1)N=CC(Cc1nccc3ccccc13)C2=O. The van der Waals surface area contributed by atoms with Crippen LogP contribution < -0.4 is 10.6 Å². The summed E-state index contributed by atoms with van der Waals surface area (Å²) in [5.41, 5.74) is 8.43. The normalized spacial score (nSPS) is 19.4. The largest absolute Gasteiger partial charge is 0.355 e. The van der Waals surface area contributed by atoms with Crippen LogP contribution in [0, 0.1) is 29.1 Å². The molecule has 1 unspecified atom stereocenters. The molecule has 0 bridgehead atoms. The second-order valence-corrected chi connectivity index (χ2v) is 8.80. The predicted molar refractivity (Wildman–Crippen MR) is 133 cm³/mol. The maximum atomic E-state index is 13.8. The molecule has 34 heavy (non-hydrogen) atoms. The van der Waals surface area contributed by atoms with Crippen LogP contribution in [0.1, 0.15) is 41.5 Å². The number of ketones is 1. The Morgan fingerprint density at radius 2 is 2.12 bits per heavy atom. The molecule has 2 N–H and O–H groups in total. The Balaban J connectivity index is 1.58. The molecular formula is C27H26N6O. The summed E-state index contributed by atoms with van der Waals surface area (Å²) in [6.07, 6.45) is 5.79. The van der Waals surface area contributed by atoms with Crippen molar-refractivity contribution in [2.75, 3.05) is 18.0 Å². The van der Waals surface area contributed by atoms with Crippen LogP contribution in [0.25, 0.3) is 10.8 Å². The highest BCUT2D eigenvalue weighted by molar-refractivity contribution is 6.13. The van der Waals surface area contributed by atoms with Gasteiger partial charge >= 0.3 is 0 Å². The van der Waals surface area contributed by atoms with Crippen LogP contribution in [0.3, 0.4) is 0 Å². The molecule has 0 radical (unpaired) electrons. The molecule has 7 nitrogen and oxygen atoms in total. The number of fused-ring (bicyclic) bond motifs is 2. The van der Waals surface area contributed by atoms with Crippen LogP contribution in [0.4, 0.5) is 11.5 Å². The van der Waals surface area contributed by atoms with Crippen molar-refractivity contribution in [1.29, 1.82) is 5.26 Å². The third-order valence-corrected chi connectivity index (χ3v) is 6.62. The molecule has 2 atom stereocenters. The fourth-order valence-corrected chi connectivity index (χ4v) is 5.02. The Labute approximate surface area is 198 Å². The van der Waals surface area contributed by atoms with Gasteiger partial charge in [0, 0.05) is 49.0 Å². The van der Waals surface area contributed by atoms with Gasteiger partial charge in [-0.1, -0.05) is 30.2 Å². The van der Waals surface area contributed by atoms with E-state index in [2.05, 4.69) is 32.8 Å². The Hall–Kier alpha value is -3.94. The first kappa shape index (κ1) is 21.9. The third-order valence-electron chi connectivity index (χ3n) is 6.62. The van der Waals surface area contributed by atoms with Gasteiger partial charge in [0.25, 0.3) is 0 Å². The number of carbonyl (C=O) groups excluding carboxylic acids is 1. The Morgan fingerprint density at radius 3 is 2.91 bits per heavy atom. The van der Waals surface area contributed by atoms with Crippen LogP contribution in [-0.2, 0) is 13.0 Å². The average Bonchev–Trinajstić information content (AvgIpc) is 3.18. The van der Waals surface area contributed by atoms with E-state index >= 15 is 0 Å². The first-order valence-electron chi connectivity index (χ1n) is 11.6. The van der Waals surface area contributed by atoms with E-state index in [4.69, 9.17) is 5.73 Å². The van der Waals surface area contributed by atoms with Gasteiger partial charge in [-0.15, -0.1) is 5.92 Å². The molecular weight excluding hydrogens is 424 g/mol. The molecule has 0 spiro atoms. The lowest BCUT2D eigenvalue weighted by atomic mass is 9.92. The second-order valence-electron chi connectivity index (χ2n) is 8.80. The number of Topliss-reactive ketones (excluding diaryl/α,β-unsaturated/α-hetero) is 1. The second kappa shape index (κ2) is 9.13. The van der Waals surface area contributed by atoms with Crippen molar-refractivity contribution in [2.45, 2.75) is 38.8 Å². The van der Waals surface area contributed by atoms with Gasteiger partial charge in [0.1, 0.15) is 28.8 Å². The van der Waals surface area contributed by atoms with Gasteiger partial charge < -0.3 is 15.2 Å². The fraction of sp³-hybridized carbons (Fsp3) is 0.333. The zero-order chi connectivity index (χ0) is 23.7. The van der Waals surface area contributed by atoms with Crippen LogP contribution in [-0.4, -0.2) is 40.7 Å². The number of rotatable bonds is 4. The summed E-state index contributed by atoms with van der Waals surface area (Å²) in [6.45, 7) is 3.51. The molecule has 2 aliphatic rings. The molecule has 2 aromatic heterocycles. The molecule has 0 amide bonds. The quantitative estimate of drug-likeness (QED) is 0.612.